The maximum atomic E-state index is 14.2. The number of allylic oxidation sites excluding steroid dienone is 1. The minimum Gasteiger partial charge on any atom is -0.322 e. The number of carbonyl (C=O) groups excluding carboxylic acids is 2. The van der Waals surface area contributed by atoms with Gasteiger partial charge >= 0.3 is 6.03 Å². The second-order valence-electron chi connectivity index (χ2n) is 7.97. The molecule has 1 atom stereocenters. The zero-order chi connectivity index (χ0) is 22.3. The van der Waals surface area contributed by atoms with E-state index in [1.165, 1.54) is 18.0 Å². The third-order valence-corrected chi connectivity index (χ3v) is 5.61. The van der Waals surface area contributed by atoms with Gasteiger partial charge in [0, 0.05) is 29.6 Å². The molecule has 4 rings (SSSR count). The summed E-state index contributed by atoms with van der Waals surface area (Å²) in [6.07, 6.45) is 1.65. The average molecular weight is 419 g/mol. The van der Waals surface area contributed by atoms with Crippen LogP contribution in [0.5, 0.6) is 0 Å². The fourth-order valence-electron chi connectivity index (χ4n) is 3.82. The molecule has 3 amide bonds. The van der Waals surface area contributed by atoms with Crippen LogP contribution < -0.4 is 10.9 Å². The summed E-state index contributed by atoms with van der Waals surface area (Å²) in [4.78, 5) is 40.9. The van der Waals surface area contributed by atoms with E-state index in [-0.39, 0.29) is 28.9 Å². The van der Waals surface area contributed by atoms with Crippen molar-refractivity contribution in [3.8, 4) is 11.3 Å². The molecule has 1 fully saturated rings. The van der Waals surface area contributed by atoms with Gasteiger partial charge in [-0.2, -0.15) is 0 Å². The van der Waals surface area contributed by atoms with Crippen LogP contribution in [0.3, 0.4) is 0 Å². The maximum Gasteiger partial charge on any atom is 0.328 e. The van der Waals surface area contributed by atoms with E-state index in [0.29, 0.717) is 22.2 Å². The van der Waals surface area contributed by atoms with Crippen LogP contribution in [0.1, 0.15) is 25.3 Å². The number of H-pyrrole nitrogens is 1. The zero-order valence-electron chi connectivity index (χ0n) is 17.4. The Morgan fingerprint density at radius 3 is 2.45 bits per heavy atom. The molecule has 31 heavy (non-hydrogen) atoms. The van der Waals surface area contributed by atoms with Gasteiger partial charge < -0.3 is 4.98 Å². The van der Waals surface area contributed by atoms with E-state index in [0.717, 1.165) is 5.39 Å². The first kappa shape index (κ1) is 20.5. The zero-order valence-corrected chi connectivity index (χ0v) is 17.4. The van der Waals surface area contributed by atoms with Crippen molar-refractivity contribution in [2.24, 2.45) is 5.92 Å². The first-order valence-electron chi connectivity index (χ1n) is 9.99. The number of aromatic nitrogens is 1. The molecule has 7 heteroatoms. The van der Waals surface area contributed by atoms with Gasteiger partial charge in [-0.1, -0.05) is 44.2 Å². The van der Waals surface area contributed by atoms with Crippen molar-refractivity contribution in [2.75, 3.05) is 7.05 Å². The van der Waals surface area contributed by atoms with Crippen molar-refractivity contribution in [3.63, 3.8) is 0 Å². The van der Waals surface area contributed by atoms with Crippen LogP contribution in [-0.2, 0) is 4.79 Å². The first-order chi connectivity index (χ1) is 14.8. The highest BCUT2D eigenvalue weighted by Gasteiger charge is 2.31. The number of carbonyl (C=O) groups is 2. The van der Waals surface area contributed by atoms with E-state index in [1.807, 2.05) is 32.0 Å². The summed E-state index contributed by atoms with van der Waals surface area (Å²) >= 11 is 0. The lowest BCUT2D eigenvalue weighted by Crippen LogP contribution is -2.24. The highest BCUT2D eigenvalue weighted by Crippen LogP contribution is 2.29. The number of hydrogen-bond acceptors (Lipinski definition) is 3. The number of benzene rings is 2. The van der Waals surface area contributed by atoms with Crippen LogP contribution in [-0.4, -0.2) is 28.9 Å². The number of urea groups is 1. The van der Waals surface area contributed by atoms with E-state index in [2.05, 4.69) is 10.3 Å². The largest absolute Gasteiger partial charge is 0.328 e. The molecular formula is C24H22FN3O3. The standard InChI is InChI=1S/C24H22FN3O3/c1-13(2)17(12-21-23(30)27-24(31)28(21)3)16-9-10-20(26-22(16)29)15-8-7-14-5-4-6-19(25)18(14)11-15/h4-13,17H,1-3H3,(H,26,29)(H,27,30,31)/b21-12-. The summed E-state index contributed by atoms with van der Waals surface area (Å²) in [5, 5.41) is 3.50. The molecular weight excluding hydrogens is 397 g/mol. The number of rotatable bonds is 4. The molecule has 2 N–H and O–H groups in total. The predicted molar refractivity (Wildman–Crippen MR) is 117 cm³/mol. The van der Waals surface area contributed by atoms with E-state index in [9.17, 15) is 18.8 Å². The Balaban J connectivity index is 1.74. The van der Waals surface area contributed by atoms with E-state index < -0.39 is 11.9 Å². The summed E-state index contributed by atoms with van der Waals surface area (Å²) in [5.41, 5.74) is 1.67. The highest BCUT2D eigenvalue weighted by molar-refractivity contribution is 6.11. The van der Waals surface area contributed by atoms with Crippen LogP contribution >= 0.6 is 0 Å². The molecule has 0 bridgehead atoms. The summed E-state index contributed by atoms with van der Waals surface area (Å²) in [7, 11) is 1.51. The van der Waals surface area contributed by atoms with Gasteiger partial charge in [0.1, 0.15) is 11.5 Å². The van der Waals surface area contributed by atoms with Crippen molar-refractivity contribution >= 4 is 22.7 Å². The van der Waals surface area contributed by atoms with Crippen molar-refractivity contribution in [2.45, 2.75) is 19.8 Å². The van der Waals surface area contributed by atoms with E-state index in [1.54, 1.807) is 30.3 Å². The topological polar surface area (TPSA) is 82.3 Å². The quantitative estimate of drug-likeness (QED) is 0.493. The SMILES string of the molecule is CC(C)C(/C=C1/C(=O)NC(=O)N1C)c1ccc(-c2ccc3cccc(F)c3c2)[nH]c1=O. The Morgan fingerprint density at radius 1 is 1.03 bits per heavy atom. The number of aromatic amines is 1. The van der Waals surface area contributed by atoms with Gasteiger partial charge in [0.2, 0.25) is 0 Å². The van der Waals surface area contributed by atoms with Crippen molar-refractivity contribution < 1.29 is 14.0 Å². The summed E-state index contributed by atoms with van der Waals surface area (Å²) in [5.74, 6) is -1.17. The third-order valence-electron chi connectivity index (χ3n) is 5.61. The number of nitrogens with zero attached hydrogens (tertiary/aromatic N) is 1. The number of imide groups is 1. The van der Waals surface area contributed by atoms with Gasteiger partial charge in [0.25, 0.3) is 11.5 Å². The van der Waals surface area contributed by atoms with Crippen LogP contribution in [0.15, 0.2) is 65.1 Å². The number of amides is 3. The predicted octanol–water partition coefficient (Wildman–Crippen LogP) is 4.14. The van der Waals surface area contributed by atoms with Gasteiger partial charge in [-0.15, -0.1) is 0 Å². The lowest BCUT2D eigenvalue weighted by molar-refractivity contribution is -0.116. The van der Waals surface area contributed by atoms with Crippen LogP contribution in [0.2, 0.25) is 0 Å². The Hall–Kier alpha value is -3.74. The molecule has 1 aromatic heterocycles. The normalized spacial score (nSPS) is 16.4. The first-order valence-corrected chi connectivity index (χ1v) is 9.99. The van der Waals surface area contributed by atoms with E-state index >= 15 is 0 Å². The Morgan fingerprint density at radius 2 is 1.81 bits per heavy atom. The van der Waals surface area contributed by atoms with Gasteiger partial charge in [0.05, 0.1) is 0 Å². The lowest BCUT2D eigenvalue weighted by atomic mass is 9.88. The lowest BCUT2D eigenvalue weighted by Gasteiger charge is -2.19. The molecule has 0 spiro atoms. The van der Waals surface area contributed by atoms with Crippen LogP contribution in [0, 0.1) is 11.7 Å². The van der Waals surface area contributed by atoms with Crippen molar-refractivity contribution in [1.29, 1.82) is 0 Å². The second kappa shape index (κ2) is 7.83. The average Bonchev–Trinajstić information content (AvgIpc) is 2.97. The number of halogens is 1. The Kier molecular flexibility index (Phi) is 5.19. The number of pyridine rings is 1. The summed E-state index contributed by atoms with van der Waals surface area (Å²) < 4.78 is 14.2. The minimum absolute atomic E-state index is 0.00566. The fourth-order valence-corrected chi connectivity index (χ4v) is 3.82. The molecule has 0 radical (unpaired) electrons. The molecule has 2 heterocycles. The Labute approximate surface area is 178 Å². The fraction of sp³-hybridized carbons (Fsp3) is 0.208. The van der Waals surface area contributed by atoms with Crippen LogP contribution in [0.4, 0.5) is 9.18 Å². The summed E-state index contributed by atoms with van der Waals surface area (Å²) in [6.45, 7) is 3.88. The molecule has 1 aliphatic rings. The molecule has 2 aromatic carbocycles. The molecule has 1 unspecified atom stereocenters. The van der Waals surface area contributed by atoms with Gasteiger partial charge in [-0.25, -0.2) is 9.18 Å². The summed E-state index contributed by atoms with van der Waals surface area (Å²) in [6, 6.07) is 13.2. The highest BCUT2D eigenvalue weighted by atomic mass is 19.1. The third kappa shape index (κ3) is 3.74. The monoisotopic (exact) mass is 419 g/mol. The molecule has 1 aliphatic heterocycles. The number of nitrogens with one attached hydrogen (secondary N) is 2. The van der Waals surface area contributed by atoms with Crippen LogP contribution in [0.25, 0.3) is 22.0 Å². The molecule has 6 nitrogen and oxygen atoms in total. The minimum atomic E-state index is -0.494. The van der Waals surface area contributed by atoms with Crippen molar-refractivity contribution in [1.82, 2.24) is 15.2 Å². The number of hydrogen-bond donors (Lipinski definition) is 2. The molecule has 158 valence electrons. The Bertz CT molecular complexity index is 1290. The van der Waals surface area contributed by atoms with Gasteiger partial charge in [0.15, 0.2) is 0 Å². The molecule has 1 saturated heterocycles. The molecule has 0 saturated carbocycles. The van der Waals surface area contributed by atoms with Crippen molar-refractivity contribution in [3.05, 3.63) is 82.0 Å². The number of likely N-dealkylation sites (N-methyl/N-ethyl adjacent to an activating group) is 1. The van der Waals surface area contributed by atoms with Gasteiger partial charge in [-0.05, 0) is 41.1 Å². The molecule has 3 aromatic rings. The van der Waals surface area contributed by atoms with E-state index in [4.69, 9.17) is 0 Å². The maximum absolute atomic E-state index is 14.2. The second-order valence-corrected chi connectivity index (χ2v) is 7.97. The smallest absolute Gasteiger partial charge is 0.322 e. The van der Waals surface area contributed by atoms with Gasteiger partial charge in [-0.3, -0.25) is 19.8 Å². The number of fused-ring (bicyclic) bond motifs is 1. The molecule has 0 aliphatic carbocycles.